The lowest BCUT2D eigenvalue weighted by molar-refractivity contribution is 0.711. The Hall–Kier alpha value is -1.20. The average Bonchev–Trinajstić information content (AvgIpc) is 2.83. The van der Waals surface area contributed by atoms with Gasteiger partial charge in [-0.15, -0.1) is 0 Å². The third-order valence-corrected chi connectivity index (χ3v) is 3.79. The van der Waals surface area contributed by atoms with Crippen LogP contribution < -0.4 is 5.32 Å². The molecule has 0 spiro atoms. The summed E-state index contributed by atoms with van der Waals surface area (Å²) in [7, 11) is 0. The van der Waals surface area contributed by atoms with Gasteiger partial charge in [-0.3, -0.25) is 0 Å². The van der Waals surface area contributed by atoms with Crippen molar-refractivity contribution in [2.45, 2.75) is 40.2 Å². The molecule has 0 amide bonds. The molecule has 2 aromatic heterocycles. The lowest BCUT2D eigenvalue weighted by Crippen LogP contribution is -2.14. The number of nitrogens with one attached hydrogen (secondary N) is 1. The fraction of sp³-hybridized carbons (Fsp3) is 0.467. The van der Waals surface area contributed by atoms with Gasteiger partial charge in [0.15, 0.2) is 5.82 Å². The van der Waals surface area contributed by atoms with Crippen molar-refractivity contribution in [3.63, 3.8) is 0 Å². The van der Waals surface area contributed by atoms with E-state index in [0.717, 1.165) is 41.9 Å². The third-order valence-electron chi connectivity index (χ3n) is 3.32. The largest absolute Gasteiger partial charge is 0.313 e. The zero-order chi connectivity index (χ0) is 14.5. The fourth-order valence-electron chi connectivity index (χ4n) is 2.32. The van der Waals surface area contributed by atoms with Crippen molar-refractivity contribution in [3.05, 3.63) is 39.8 Å². The minimum Gasteiger partial charge on any atom is -0.313 e. The Morgan fingerprint density at radius 2 is 2.00 bits per heavy atom. The van der Waals surface area contributed by atoms with Crippen LogP contribution >= 0.6 is 15.9 Å². The zero-order valence-corrected chi connectivity index (χ0v) is 13.9. The standard InChI is InChI=1S/C15H21BrN4/c1-4-13-12(10-17-6-3)14(5-2)20(19-13)15-8-7-11(16)9-18-15/h7-9,17H,4-6,10H2,1-3H3. The van der Waals surface area contributed by atoms with E-state index in [-0.39, 0.29) is 0 Å². The molecule has 20 heavy (non-hydrogen) atoms. The van der Waals surface area contributed by atoms with Gasteiger partial charge in [-0.05, 0) is 47.4 Å². The van der Waals surface area contributed by atoms with Gasteiger partial charge in [-0.2, -0.15) is 5.10 Å². The Morgan fingerprint density at radius 1 is 1.20 bits per heavy atom. The lowest BCUT2D eigenvalue weighted by Gasteiger charge is -2.07. The maximum absolute atomic E-state index is 4.75. The highest BCUT2D eigenvalue weighted by Crippen LogP contribution is 2.20. The van der Waals surface area contributed by atoms with Crippen LogP contribution in [-0.4, -0.2) is 21.3 Å². The predicted octanol–water partition coefficient (Wildman–Crippen LogP) is 3.26. The molecule has 0 saturated heterocycles. The molecule has 5 heteroatoms. The first-order valence-corrected chi connectivity index (χ1v) is 7.92. The van der Waals surface area contributed by atoms with E-state index in [0.29, 0.717) is 0 Å². The van der Waals surface area contributed by atoms with Gasteiger partial charge in [0.05, 0.1) is 11.4 Å². The Morgan fingerprint density at radius 3 is 2.55 bits per heavy atom. The molecule has 108 valence electrons. The molecule has 2 aromatic rings. The highest BCUT2D eigenvalue weighted by molar-refractivity contribution is 9.10. The Bertz CT molecular complexity index is 560. The van der Waals surface area contributed by atoms with Crippen LogP contribution in [0.5, 0.6) is 0 Å². The Balaban J connectivity index is 2.47. The van der Waals surface area contributed by atoms with E-state index >= 15 is 0 Å². The molecule has 0 atom stereocenters. The molecule has 0 aromatic carbocycles. The van der Waals surface area contributed by atoms with Crippen LogP contribution in [0, 0.1) is 0 Å². The van der Waals surface area contributed by atoms with Crippen molar-refractivity contribution in [2.75, 3.05) is 6.54 Å². The molecular formula is C15H21BrN4. The van der Waals surface area contributed by atoms with Crippen molar-refractivity contribution in [1.29, 1.82) is 0 Å². The van der Waals surface area contributed by atoms with Crippen LogP contribution in [0.4, 0.5) is 0 Å². The fourth-order valence-corrected chi connectivity index (χ4v) is 2.55. The summed E-state index contributed by atoms with van der Waals surface area (Å²) in [5.41, 5.74) is 3.73. The van der Waals surface area contributed by atoms with Gasteiger partial charge in [-0.1, -0.05) is 20.8 Å². The SMILES string of the molecule is CCNCc1c(CC)nn(-c2ccc(Br)cn2)c1CC. The summed E-state index contributed by atoms with van der Waals surface area (Å²) >= 11 is 3.42. The monoisotopic (exact) mass is 336 g/mol. The normalized spacial score (nSPS) is 11.0. The van der Waals surface area contributed by atoms with Crippen LogP contribution in [0.3, 0.4) is 0 Å². The minimum absolute atomic E-state index is 0.874. The van der Waals surface area contributed by atoms with E-state index < -0.39 is 0 Å². The average molecular weight is 337 g/mol. The molecule has 1 N–H and O–H groups in total. The summed E-state index contributed by atoms with van der Waals surface area (Å²) in [5.74, 6) is 0.877. The summed E-state index contributed by atoms with van der Waals surface area (Å²) in [4.78, 5) is 4.46. The van der Waals surface area contributed by atoms with Crippen molar-refractivity contribution < 1.29 is 0 Å². The molecule has 0 bridgehead atoms. The molecular weight excluding hydrogens is 316 g/mol. The van der Waals surface area contributed by atoms with Gasteiger partial charge in [0, 0.05) is 22.8 Å². The van der Waals surface area contributed by atoms with E-state index in [4.69, 9.17) is 5.10 Å². The first kappa shape index (κ1) is 15.2. The minimum atomic E-state index is 0.874. The van der Waals surface area contributed by atoms with Crippen molar-refractivity contribution in [2.24, 2.45) is 0 Å². The van der Waals surface area contributed by atoms with Gasteiger partial charge in [0.2, 0.25) is 0 Å². The molecule has 2 heterocycles. The van der Waals surface area contributed by atoms with E-state index in [1.54, 1.807) is 0 Å². The topological polar surface area (TPSA) is 42.7 Å². The van der Waals surface area contributed by atoms with Crippen LogP contribution in [0.2, 0.25) is 0 Å². The maximum atomic E-state index is 4.75. The van der Waals surface area contributed by atoms with Crippen LogP contribution in [0.25, 0.3) is 5.82 Å². The first-order chi connectivity index (χ1) is 9.71. The number of rotatable bonds is 6. The van der Waals surface area contributed by atoms with Gasteiger partial charge in [0.25, 0.3) is 0 Å². The highest BCUT2D eigenvalue weighted by Gasteiger charge is 2.16. The van der Waals surface area contributed by atoms with Crippen LogP contribution in [0.15, 0.2) is 22.8 Å². The van der Waals surface area contributed by atoms with Crippen LogP contribution in [0.1, 0.15) is 37.7 Å². The second kappa shape index (κ2) is 6.99. The Kier molecular flexibility index (Phi) is 5.31. The zero-order valence-electron chi connectivity index (χ0n) is 12.3. The number of hydrogen-bond acceptors (Lipinski definition) is 3. The van der Waals surface area contributed by atoms with E-state index in [2.05, 4.69) is 47.0 Å². The molecule has 0 fully saturated rings. The molecule has 0 unspecified atom stereocenters. The molecule has 0 radical (unpaired) electrons. The van der Waals surface area contributed by atoms with Gasteiger partial charge in [-0.25, -0.2) is 9.67 Å². The Labute approximate surface area is 128 Å². The number of nitrogens with zero attached hydrogens (tertiary/aromatic N) is 3. The van der Waals surface area contributed by atoms with Crippen LogP contribution in [-0.2, 0) is 19.4 Å². The molecule has 0 aliphatic heterocycles. The number of pyridine rings is 1. The number of aromatic nitrogens is 3. The number of halogens is 1. The molecule has 0 aliphatic rings. The van der Waals surface area contributed by atoms with E-state index in [9.17, 15) is 0 Å². The highest BCUT2D eigenvalue weighted by atomic mass is 79.9. The van der Waals surface area contributed by atoms with Crippen molar-refractivity contribution in [1.82, 2.24) is 20.1 Å². The summed E-state index contributed by atoms with van der Waals surface area (Å²) < 4.78 is 2.97. The van der Waals surface area contributed by atoms with E-state index in [1.807, 2.05) is 23.0 Å². The molecule has 0 saturated carbocycles. The summed E-state index contributed by atoms with van der Waals surface area (Å²) in [6.45, 7) is 8.28. The molecule has 0 aliphatic carbocycles. The van der Waals surface area contributed by atoms with Gasteiger partial charge < -0.3 is 5.32 Å². The van der Waals surface area contributed by atoms with Gasteiger partial charge in [0.1, 0.15) is 0 Å². The quantitative estimate of drug-likeness (QED) is 0.880. The number of hydrogen-bond donors (Lipinski definition) is 1. The number of aryl methyl sites for hydroxylation is 1. The van der Waals surface area contributed by atoms with E-state index in [1.165, 1.54) is 11.3 Å². The maximum Gasteiger partial charge on any atom is 0.153 e. The van der Waals surface area contributed by atoms with Crippen molar-refractivity contribution >= 4 is 15.9 Å². The lowest BCUT2D eigenvalue weighted by atomic mass is 10.1. The second-order valence-corrected chi connectivity index (χ2v) is 5.52. The first-order valence-electron chi connectivity index (χ1n) is 7.13. The summed E-state index contributed by atoms with van der Waals surface area (Å²) in [6, 6.07) is 3.99. The van der Waals surface area contributed by atoms with Gasteiger partial charge >= 0.3 is 0 Å². The molecule has 2 rings (SSSR count). The van der Waals surface area contributed by atoms with Crippen molar-refractivity contribution in [3.8, 4) is 5.82 Å². The molecule has 4 nitrogen and oxygen atoms in total. The third kappa shape index (κ3) is 3.10. The smallest absolute Gasteiger partial charge is 0.153 e. The summed E-state index contributed by atoms with van der Waals surface area (Å²) in [5, 5.41) is 8.16. The second-order valence-electron chi connectivity index (χ2n) is 4.61. The summed E-state index contributed by atoms with van der Waals surface area (Å²) in [6.07, 6.45) is 3.70. The predicted molar refractivity (Wildman–Crippen MR) is 85.2 cm³/mol.